The second kappa shape index (κ2) is 13.4. The van der Waals surface area contributed by atoms with Gasteiger partial charge in [0, 0.05) is 58.7 Å². The van der Waals surface area contributed by atoms with Gasteiger partial charge in [-0.15, -0.1) is 0 Å². The van der Waals surface area contributed by atoms with Crippen LogP contribution in [0.4, 0.5) is 28.4 Å². The maximum atomic E-state index is 13.2. The molecule has 17 nitrogen and oxygen atoms in total. The number of benzene rings is 1. The van der Waals surface area contributed by atoms with Crippen LogP contribution in [-0.4, -0.2) is 61.3 Å². The van der Waals surface area contributed by atoms with E-state index in [1.165, 1.54) is 62.4 Å². The molecular weight excluding hydrogens is 658 g/mol. The van der Waals surface area contributed by atoms with E-state index in [4.69, 9.17) is 0 Å². The summed E-state index contributed by atoms with van der Waals surface area (Å²) in [5.41, 5.74) is 2.41. The number of aromatic nitrogens is 4. The fourth-order valence-electron chi connectivity index (χ4n) is 5.03. The van der Waals surface area contributed by atoms with E-state index in [-0.39, 0.29) is 33.4 Å². The molecule has 0 atom stereocenters. The van der Waals surface area contributed by atoms with Crippen LogP contribution in [0, 0.1) is 0 Å². The van der Waals surface area contributed by atoms with E-state index in [0.717, 1.165) is 6.07 Å². The van der Waals surface area contributed by atoms with Crippen LogP contribution in [-0.2, 0) is 43.1 Å². The molecular formula is C31H31N9O8S. The molecule has 5 amide bonds. The molecule has 0 spiro atoms. The highest BCUT2D eigenvalue weighted by atomic mass is 32.2. The van der Waals surface area contributed by atoms with E-state index in [2.05, 4.69) is 26.6 Å². The lowest BCUT2D eigenvalue weighted by molar-refractivity contribution is -0.105. The standard InChI is InChI=1S/C31H31N9O8S/c1-37-13-19(32-17-41)9-24(37)29(43)34-21-11-26(39(3)15-21)31(45)36-22-12-27(40(4)16-22)30(44)35-20-10-25(38(2)14-20)28(42)33-18-6-5-7-23(8-18)49(46,47)48/h5-17H,1-4H3,(H,32,41)(H,33,42)(H,34,43)(H,35,44)(H,36,45)(H,46,47,48). The second-order valence-electron chi connectivity index (χ2n) is 11.0. The van der Waals surface area contributed by atoms with Crippen molar-refractivity contribution in [3.63, 3.8) is 0 Å². The van der Waals surface area contributed by atoms with Crippen molar-refractivity contribution in [3.05, 3.63) is 96.1 Å². The lowest BCUT2D eigenvalue weighted by atomic mass is 10.3. The van der Waals surface area contributed by atoms with Gasteiger partial charge in [0.2, 0.25) is 6.41 Å². The summed E-state index contributed by atoms with van der Waals surface area (Å²) in [5, 5.41) is 13.2. The van der Waals surface area contributed by atoms with Crippen LogP contribution in [0.15, 0.2) is 78.2 Å². The van der Waals surface area contributed by atoms with Crippen molar-refractivity contribution < 1.29 is 36.9 Å². The van der Waals surface area contributed by atoms with E-state index in [1.54, 1.807) is 51.3 Å². The van der Waals surface area contributed by atoms with Crippen molar-refractivity contribution in [3.8, 4) is 0 Å². The lowest BCUT2D eigenvalue weighted by Gasteiger charge is -2.07. The average molecular weight is 690 g/mol. The third-order valence-corrected chi connectivity index (χ3v) is 8.19. The molecule has 49 heavy (non-hydrogen) atoms. The van der Waals surface area contributed by atoms with Crippen LogP contribution in [0.5, 0.6) is 0 Å². The number of rotatable bonds is 11. The predicted octanol–water partition coefficient (Wildman–Crippen LogP) is 2.86. The Kier molecular flexibility index (Phi) is 9.27. The molecule has 0 saturated carbocycles. The van der Waals surface area contributed by atoms with Crippen LogP contribution in [0.3, 0.4) is 0 Å². The largest absolute Gasteiger partial charge is 0.344 e. The van der Waals surface area contributed by atoms with Gasteiger partial charge in [0.25, 0.3) is 33.7 Å². The fraction of sp³-hybridized carbons (Fsp3) is 0.129. The van der Waals surface area contributed by atoms with E-state index < -0.39 is 33.7 Å². The molecule has 254 valence electrons. The first-order valence-electron chi connectivity index (χ1n) is 14.3. The van der Waals surface area contributed by atoms with Crippen LogP contribution >= 0.6 is 0 Å². The van der Waals surface area contributed by atoms with Crippen molar-refractivity contribution >= 4 is 68.6 Å². The van der Waals surface area contributed by atoms with Gasteiger partial charge in [-0.1, -0.05) is 6.07 Å². The molecule has 4 heterocycles. The monoisotopic (exact) mass is 689 g/mol. The van der Waals surface area contributed by atoms with E-state index in [1.807, 2.05) is 0 Å². The van der Waals surface area contributed by atoms with Crippen LogP contribution < -0.4 is 26.6 Å². The van der Waals surface area contributed by atoms with Gasteiger partial charge in [-0.05, 0) is 42.5 Å². The minimum atomic E-state index is -4.46. The van der Waals surface area contributed by atoms with E-state index in [9.17, 15) is 36.9 Å². The molecule has 5 rings (SSSR count). The molecule has 0 fully saturated rings. The van der Waals surface area contributed by atoms with Crippen molar-refractivity contribution in [1.82, 2.24) is 18.3 Å². The Hall–Kier alpha value is -6.40. The topological polar surface area (TPSA) is 220 Å². The summed E-state index contributed by atoms with van der Waals surface area (Å²) in [7, 11) is 2.02. The second-order valence-corrected chi connectivity index (χ2v) is 12.4. The number of carbonyl (C=O) groups excluding carboxylic acids is 5. The highest BCUT2D eigenvalue weighted by Gasteiger charge is 2.20. The quantitative estimate of drug-likeness (QED) is 0.0892. The van der Waals surface area contributed by atoms with Gasteiger partial charge in [0.15, 0.2) is 0 Å². The lowest BCUT2D eigenvalue weighted by Crippen LogP contribution is -2.16. The molecule has 6 N–H and O–H groups in total. The van der Waals surface area contributed by atoms with E-state index in [0.29, 0.717) is 29.2 Å². The molecule has 5 aromatic rings. The number of anilines is 5. The van der Waals surface area contributed by atoms with Crippen LogP contribution in [0.2, 0.25) is 0 Å². The third kappa shape index (κ3) is 7.61. The highest BCUT2D eigenvalue weighted by Crippen LogP contribution is 2.22. The Bertz CT molecular complexity index is 2240. The molecule has 0 radical (unpaired) electrons. The molecule has 0 aliphatic rings. The van der Waals surface area contributed by atoms with Crippen molar-refractivity contribution in [2.75, 3.05) is 26.6 Å². The first-order chi connectivity index (χ1) is 23.1. The number of aryl methyl sites for hydroxylation is 4. The van der Waals surface area contributed by atoms with Gasteiger partial charge >= 0.3 is 0 Å². The number of hydrogen-bond donors (Lipinski definition) is 6. The molecule has 0 aliphatic heterocycles. The number of nitrogens with one attached hydrogen (secondary N) is 5. The summed E-state index contributed by atoms with van der Waals surface area (Å²) in [6.07, 6.45) is 6.71. The van der Waals surface area contributed by atoms with Crippen molar-refractivity contribution in [2.24, 2.45) is 28.2 Å². The minimum Gasteiger partial charge on any atom is -0.344 e. The first kappa shape index (κ1) is 33.9. The third-order valence-electron chi connectivity index (χ3n) is 7.34. The molecule has 1 aromatic carbocycles. The Morgan fingerprint density at radius 1 is 0.571 bits per heavy atom. The van der Waals surface area contributed by atoms with Gasteiger partial charge in [0.1, 0.15) is 22.8 Å². The smallest absolute Gasteiger partial charge is 0.294 e. The zero-order valence-corrected chi connectivity index (χ0v) is 27.3. The maximum Gasteiger partial charge on any atom is 0.294 e. The summed E-state index contributed by atoms with van der Waals surface area (Å²) in [4.78, 5) is 62.3. The zero-order chi connectivity index (χ0) is 35.6. The summed E-state index contributed by atoms with van der Waals surface area (Å²) < 4.78 is 38.2. The minimum absolute atomic E-state index is 0.136. The Morgan fingerprint density at radius 2 is 0.918 bits per heavy atom. The van der Waals surface area contributed by atoms with Crippen LogP contribution in [0.1, 0.15) is 42.0 Å². The zero-order valence-electron chi connectivity index (χ0n) is 26.5. The highest BCUT2D eigenvalue weighted by molar-refractivity contribution is 7.85. The molecule has 0 saturated heterocycles. The van der Waals surface area contributed by atoms with Gasteiger partial charge in [0.05, 0.1) is 27.6 Å². The average Bonchev–Trinajstić information content (AvgIpc) is 3.78. The predicted molar refractivity (Wildman–Crippen MR) is 179 cm³/mol. The molecule has 18 heteroatoms. The Labute approximate surface area is 279 Å². The number of carbonyl (C=O) groups is 5. The molecule has 0 unspecified atom stereocenters. The van der Waals surface area contributed by atoms with Gasteiger partial charge in [-0.25, -0.2) is 0 Å². The van der Waals surface area contributed by atoms with Gasteiger partial charge in [-0.2, -0.15) is 8.42 Å². The van der Waals surface area contributed by atoms with Crippen molar-refractivity contribution in [2.45, 2.75) is 4.90 Å². The van der Waals surface area contributed by atoms with Crippen molar-refractivity contribution in [1.29, 1.82) is 0 Å². The van der Waals surface area contributed by atoms with Gasteiger partial charge in [-0.3, -0.25) is 28.5 Å². The number of amides is 5. The maximum absolute atomic E-state index is 13.2. The van der Waals surface area contributed by atoms with E-state index >= 15 is 0 Å². The Balaban J connectivity index is 1.22. The Morgan fingerprint density at radius 3 is 1.29 bits per heavy atom. The summed E-state index contributed by atoms with van der Waals surface area (Å²) >= 11 is 0. The molecule has 0 bridgehead atoms. The summed E-state index contributed by atoms with van der Waals surface area (Å²) in [6, 6.07) is 11.0. The fourth-order valence-corrected chi connectivity index (χ4v) is 5.55. The van der Waals surface area contributed by atoms with Gasteiger partial charge < -0.3 is 44.9 Å². The normalized spacial score (nSPS) is 11.1. The summed E-state index contributed by atoms with van der Waals surface area (Å²) in [6.45, 7) is 0. The number of hydrogen-bond acceptors (Lipinski definition) is 7. The SMILES string of the molecule is Cn1cc(NC=O)cc1C(=O)Nc1cc(C(=O)Nc2cc(C(=O)Nc3cc(C(=O)Nc4cccc(S(=O)(=O)O)c4)n(C)c3)n(C)c2)n(C)c1. The summed E-state index contributed by atoms with van der Waals surface area (Å²) in [5.74, 6) is -2.08. The molecule has 0 aliphatic carbocycles. The molecule has 4 aromatic heterocycles. The first-order valence-corrected chi connectivity index (χ1v) is 15.8. The number of nitrogens with zero attached hydrogens (tertiary/aromatic N) is 4. The van der Waals surface area contributed by atoms with Crippen LogP contribution in [0.25, 0.3) is 0 Å².